The molecule has 0 saturated heterocycles. The van der Waals surface area contributed by atoms with Gasteiger partial charge < -0.3 is 19.9 Å². The number of hydrogen-bond donors (Lipinski definition) is 1. The van der Waals surface area contributed by atoms with E-state index in [0.29, 0.717) is 23.8 Å². The smallest absolute Gasteiger partial charge is 0.235 e. The lowest BCUT2D eigenvalue weighted by atomic mass is 10.1. The maximum absolute atomic E-state index is 6.37. The summed E-state index contributed by atoms with van der Waals surface area (Å²) in [5.41, 5.74) is 8.54. The van der Waals surface area contributed by atoms with Gasteiger partial charge in [-0.1, -0.05) is 25.1 Å². The fraction of sp³-hybridized carbons (Fsp3) is 0.318. The molecule has 0 bridgehead atoms. The third kappa shape index (κ3) is 3.91. The molecule has 2 N–H and O–H groups in total. The number of ether oxygens (including phenoxy) is 3. The Bertz CT molecular complexity index is 853. The molecule has 2 aromatic carbocycles. The van der Waals surface area contributed by atoms with Crippen LogP contribution in [0, 0.1) is 0 Å². The summed E-state index contributed by atoms with van der Waals surface area (Å²) in [5.74, 6) is 2.59. The summed E-state index contributed by atoms with van der Waals surface area (Å²) in [4.78, 5) is 2.18. The minimum atomic E-state index is 0.138. The molecule has 1 unspecified atom stereocenters. The second-order valence-electron chi connectivity index (χ2n) is 6.59. The van der Waals surface area contributed by atoms with Gasteiger partial charge in [0.25, 0.3) is 0 Å². The van der Waals surface area contributed by atoms with Crippen molar-refractivity contribution < 1.29 is 18.8 Å². The van der Waals surface area contributed by atoms with Gasteiger partial charge in [-0.15, -0.1) is 0 Å². The first-order valence-electron chi connectivity index (χ1n) is 9.31. The van der Waals surface area contributed by atoms with Gasteiger partial charge in [-0.2, -0.15) is 4.58 Å². The molecule has 0 amide bonds. The topological polar surface area (TPSA) is 60.0 Å². The highest BCUT2D eigenvalue weighted by molar-refractivity contribution is 5.75. The van der Waals surface area contributed by atoms with Gasteiger partial charge in [0.15, 0.2) is 23.5 Å². The first-order valence-corrected chi connectivity index (χ1v) is 9.31. The Balaban J connectivity index is 1.90. The molecule has 2 aromatic rings. The first kappa shape index (κ1) is 19.6. The summed E-state index contributed by atoms with van der Waals surface area (Å²) >= 11 is 0. The molecular weight excluding hydrogens is 354 g/mol. The quantitative estimate of drug-likeness (QED) is 0.746. The van der Waals surface area contributed by atoms with E-state index in [-0.39, 0.29) is 6.17 Å². The van der Waals surface area contributed by atoms with E-state index in [1.165, 1.54) is 0 Å². The fourth-order valence-corrected chi connectivity index (χ4v) is 3.53. The van der Waals surface area contributed by atoms with Crippen LogP contribution in [-0.2, 0) is 6.54 Å². The highest BCUT2D eigenvalue weighted by atomic mass is 16.5. The second kappa shape index (κ2) is 8.69. The van der Waals surface area contributed by atoms with Crippen molar-refractivity contribution in [3.63, 3.8) is 0 Å². The Morgan fingerprint density at radius 3 is 2.21 bits per heavy atom. The van der Waals surface area contributed by atoms with Crippen molar-refractivity contribution in [2.24, 2.45) is 5.73 Å². The standard InChI is InChI=1S/C22H28N3O3/c1-5-21-24(13-16-9-7-6-8-10-16)15-20(23)25(21)14-17-11-18(26-2)22(28-4)19(12-17)27-3/h6-13,15,21H,5,14,23H2,1-4H3/q+1. The average molecular weight is 382 g/mol. The van der Waals surface area contributed by atoms with Crippen LogP contribution in [0.25, 0.3) is 0 Å². The van der Waals surface area contributed by atoms with Gasteiger partial charge in [0, 0.05) is 12.0 Å². The lowest BCUT2D eigenvalue weighted by Crippen LogP contribution is -2.36. The molecule has 1 aliphatic rings. The summed E-state index contributed by atoms with van der Waals surface area (Å²) < 4.78 is 18.5. The van der Waals surface area contributed by atoms with Gasteiger partial charge in [-0.05, 0) is 29.8 Å². The molecule has 0 saturated carbocycles. The van der Waals surface area contributed by atoms with Crippen molar-refractivity contribution in [2.75, 3.05) is 21.3 Å². The largest absolute Gasteiger partial charge is 0.493 e. The number of nitrogens with zero attached hydrogens (tertiary/aromatic N) is 2. The monoisotopic (exact) mass is 382 g/mol. The summed E-state index contributed by atoms with van der Waals surface area (Å²) in [5, 5.41) is 0. The second-order valence-corrected chi connectivity index (χ2v) is 6.59. The third-order valence-corrected chi connectivity index (χ3v) is 4.86. The molecule has 0 fully saturated rings. The number of hydrogen-bond acceptors (Lipinski definition) is 5. The first-order chi connectivity index (χ1) is 13.6. The van der Waals surface area contributed by atoms with Gasteiger partial charge >= 0.3 is 0 Å². The molecule has 0 aliphatic carbocycles. The molecular formula is C22H28N3O3+. The Hall–Kier alpha value is -3.15. The van der Waals surface area contributed by atoms with Gasteiger partial charge in [0.1, 0.15) is 0 Å². The van der Waals surface area contributed by atoms with E-state index in [4.69, 9.17) is 19.9 Å². The molecule has 1 aliphatic heterocycles. The van der Waals surface area contributed by atoms with E-state index < -0.39 is 0 Å². The van der Waals surface area contributed by atoms with Gasteiger partial charge in [-0.3, -0.25) is 4.90 Å². The molecule has 0 aromatic heterocycles. The van der Waals surface area contributed by atoms with Crippen LogP contribution in [0.1, 0.15) is 24.5 Å². The Labute approximate surface area is 166 Å². The predicted molar refractivity (Wildman–Crippen MR) is 110 cm³/mol. The van der Waals surface area contributed by atoms with Crippen molar-refractivity contribution in [3.05, 3.63) is 65.6 Å². The van der Waals surface area contributed by atoms with Gasteiger partial charge in [-0.25, -0.2) is 0 Å². The molecule has 0 spiro atoms. The third-order valence-electron chi connectivity index (χ3n) is 4.86. The summed E-state index contributed by atoms with van der Waals surface area (Å²) in [6, 6.07) is 14.2. The van der Waals surface area contributed by atoms with Crippen LogP contribution >= 0.6 is 0 Å². The summed E-state index contributed by atoms with van der Waals surface area (Å²) in [7, 11) is 4.85. The number of methoxy groups -OCH3 is 3. The predicted octanol–water partition coefficient (Wildman–Crippen LogP) is 3.15. The van der Waals surface area contributed by atoms with Gasteiger partial charge in [0.2, 0.25) is 18.1 Å². The van der Waals surface area contributed by atoms with E-state index in [0.717, 1.165) is 23.4 Å². The zero-order chi connectivity index (χ0) is 20.1. The Morgan fingerprint density at radius 2 is 1.68 bits per heavy atom. The van der Waals surface area contributed by atoms with Crippen LogP contribution in [0.5, 0.6) is 17.2 Å². The average Bonchev–Trinajstić information content (AvgIpc) is 3.01. The molecule has 148 valence electrons. The van der Waals surface area contributed by atoms with Crippen LogP contribution in [0.4, 0.5) is 0 Å². The SMILES string of the molecule is CCC1N(Cc2cc(OC)c(OC)c(OC)c2)C(N)=C[N+]1=Cc1ccccc1. The van der Waals surface area contributed by atoms with Crippen LogP contribution in [-0.4, -0.2) is 43.2 Å². The van der Waals surface area contributed by atoms with E-state index in [1.54, 1.807) is 21.3 Å². The van der Waals surface area contributed by atoms with Crippen molar-refractivity contribution in [1.29, 1.82) is 0 Å². The minimum Gasteiger partial charge on any atom is -0.493 e. The zero-order valence-corrected chi connectivity index (χ0v) is 16.9. The lowest BCUT2D eigenvalue weighted by molar-refractivity contribution is -0.507. The zero-order valence-electron chi connectivity index (χ0n) is 16.9. The Kier molecular flexibility index (Phi) is 6.09. The van der Waals surface area contributed by atoms with Crippen molar-refractivity contribution in [1.82, 2.24) is 4.90 Å². The van der Waals surface area contributed by atoms with E-state index in [9.17, 15) is 0 Å². The maximum atomic E-state index is 6.37. The highest BCUT2D eigenvalue weighted by Crippen LogP contribution is 2.39. The maximum Gasteiger partial charge on any atom is 0.235 e. The molecule has 1 atom stereocenters. The van der Waals surface area contributed by atoms with Crippen molar-refractivity contribution >= 4 is 6.21 Å². The molecule has 1 heterocycles. The number of rotatable bonds is 7. The van der Waals surface area contributed by atoms with E-state index >= 15 is 0 Å². The van der Waals surface area contributed by atoms with Crippen molar-refractivity contribution in [2.45, 2.75) is 26.1 Å². The van der Waals surface area contributed by atoms with Gasteiger partial charge in [0.05, 0.1) is 27.9 Å². The molecule has 6 heteroatoms. The van der Waals surface area contributed by atoms with E-state index in [2.05, 4.69) is 34.7 Å². The lowest BCUT2D eigenvalue weighted by Gasteiger charge is -2.23. The normalized spacial score (nSPS) is 17.6. The fourth-order valence-electron chi connectivity index (χ4n) is 3.53. The molecule has 3 rings (SSSR count). The van der Waals surface area contributed by atoms with Crippen molar-refractivity contribution in [3.8, 4) is 17.2 Å². The van der Waals surface area contributed by atoms with Crippen LogP contribution in [0.15, 0.2) is 54.5 Å². The Morgan fingerprint density at radius 1 is 1.04 bits per heavy atom. The van der Waals surface area contributed by atoms with Crippen LogP contribution < -0.4 is 19.9 Å². The van der Waals surface area contributed by atoms with E-state index in [1.807, 2.05) is 36.5 Å². The number of nitrogens with two attached hydrogens (primary N) is 1. The van der Waals surface area contributed by atoms with Crippen LogP contribution in [0.2, 0.25) is 0 Å². The summed E-state index contributed by atoms with van der Waals surface area (Å²) in [6.07, 6.45) is 5.17. The molecule has 0 radical (unpaired) electrons. The molecule has 28 heavy (non-hydrogen) atoms. The minimum absolute atomic E-state index is 0.138. The molecule has 6 nitrogen and oxygen atoms in total. The summed E-state index contributed by atoms with van der Waals surface area (Å²) in [6.45, 7) is 2.79. The number of benzene rings is 2. The highest BCUT2D eigenvalue weighted by Gasteiger charge is 2.34. The van der Waals surface area contributed by atoms with Crippen LogP contribution in [0.3, 0.4) is 0 Å².